The molecule has 1 saturated carbocycles. The van der Waals surface area contributed by atoms with Crippen LogP contribution in [0.15, 0.2) is 0 Å². The minimum atomic E-state index is 0.898. The van der Waals surface area contributed by atoms with Gasteiger partial charge in [-0.3, -0.25) is 9.80 Å². The molecule has 4 fully saturated rings. The molecular formula is C16H29N3. The summed E-state index contributed by atoms with van der Waals surface area (Å²) in [6.45, 7) is 10.5. The van der Waals surface area contributed by atoms with E-state index < -0.39 is 0 Å². The maximum atomic E-state index is 3.50. The van der Waals surface area contributed by atoms with Crippen molar-refractivity contribution in [3.8, 4) is 0 Å². The molecule has 4 aliphatic rings. The van der Waals surface area contributed by atoms with Gasteiger partial charge in [0.05, 0.1) is 0 Å². The molecule has 3 nitrogen and oxygen atoms in total. The third-order valence-corrected chi connectivity index (χ3v) is 6.19. The molecule has 1 aliphatic carbocycles. The standard InChI is InChI=1S/C16H29N3/c1-12-8-18(9-12)16-6-13-10-19(11-14(13)7-16)15-2-4-17-5-3-15/h12-17H,2-11H2,1H3. The molecule has 0 bridgehead atoms. The molecule has 0 aromatic heterocycles. The number of nitrogens with one attached hydrogen (secondary N) is 1. The molecule has 0 aromatic carbocycles. The van der Waals surface area contributed by atoms with E-state index in [0.717, 1.165) is 29.8 Å². The van der Waals surface area contributed by atoms with Crippen molar-refractivity contribution in [2.75, 3.05) is 39.3 Å². The number of nitrogens with zero attached hydrogens (tertiary/aromatic N) is 2. The summed E-state index contributed by atoms with van der Waals surface area (Å²) in [7, 11) is 0. The van der Waals surface area contributed by atoms with E-state index in [1.807, 2.05) is 0 Å². The third kappa shape index (κ3) is 2.34. The van der Waals surface area contributed by atoms with E-state index in [9.17, 15) is 0 Å². The van der Waals surface area contributed by atoms with Crippen molar-refractivity contribution in [2.45, 2.75) is 44.7 Å². The smallest absolute Gasteiger partial charge is 0.0120 e. The van der Waals surface area contributed by atoms with Crippen LogP contribution in [0.5, 0.6) is 0 Å². The van der Waals surface area contributed by atoms with E-state index in [1.165, 1.54) is 65.0 Å². The van der Waals surface area contributed by atoms with E-state index in [2.05, 4.69) is 22.0 Å². The van der Waals surface area contributed by atoms with Crippen LogP contribution >= 0.6 is 0 Å². The first-order valence-corrected chi connectivity index (χ1v) is 8.48. The van der Waals surface area contributed by atoms with Crippen LogP contribution in [0, 0.1) is 17.8 Å². The number of piperidine rings is 1. The van der Waals surface area contributed by atoms with Gasteiger partial charge in [0.1, 0.15) is 0 Å². The van der Waals surface area contributed by atoms with Gasteiger partial charge in [0.25, 0.3) is 0 Å². The Morgan fingerprint density at radius 1 is 0.789 bits per heavy atom. The summed E-state index contributed by atoms with van der Waals surface area (Å²) in [4.78, 5) is 5.60. The number of hydrogen-bond acceptors (Lipinski definition) is 3. The summed E-state index contributed by atoms with van der Waals surface area (Å²) in [6, 6.07) is 1.84. The molecule has 108 valence electrons. The Kier molecular flexibility index (Phi) is 3.33. The highest BCUT2D eigenvalue weighted by Gasteiger charge is 2.45. The van der Waals surface area contributed by atoms with Crippen LogP contribution in [0.4, 0.5) is 0 Å². The summed E-state index contributed by atoms with van der Waals surface area (Å²) in [5.41, 5.74) is 0. The van der Waals surface area contributed by atoms with Gasteiger partial charge in [-0.1, -0.05) is 6.92 Å². The molecule has 1 N–H and O–H groups in total. The largest absolute Gasteiger partial charge is 0.317 e. The van der Waals surface area contributed by atoms with Crippen molar-refractivity contribution in [1.82, 2.24) is 15.1 Å². The molecule has 3 heteroatoms. The Bertz CT molecular complexity index is 306. The van der Waals surface area contributed by atoms with Gasteiger partial charge in [-0.25, -0.2) is 0 Å². The predicted molar refractivity (Wildman–Crippen MR) is 78.2 cm³/mol. The summed E-state index contributed by atoms with van der Waals surface area (Å²) in [5, 5.41) is 3.50. The quantitative estimate of drug-likeness (QED) is 0.812. The maximum Gasteiger partial charge on any atom is 0.0120 e. The minimum Gasteiger partial charge on any atom is -0.317 e. The Hall–Kier alpha value is -0.120. The van der Waals surface area contributed by atoms with Gasteiger partial charge >= 0.3 is 0 Å². The molecule has 0 radical (unpaired) electrons. The highest BCUT2D eigenvalue weighted by atomic mass is 15.2. The fraction of sp³-hybridized carbons (Fsp3) is 1.00. The molecule has 0 amide bonds. The van der Waals surface area contributed by atoms with Crippen molar-refractivity contribution in [1.29, 1.82) is 0 Å². The highest BCUT2D eigenvalue weighted by Crippen LogP contribution is 2.42. The lowest BCUT2D eigenvalue weighted by Gasteiger charge is -2.42. The number of rotatable bonds is 2. The topological polar surface area (TPSA) is 18.5 Å². The van der Waals surface area contributed by atoms with Crippen LogP contribution in [0.3, 0.4) is 0 Å². The highest BCUT2D eigenvalue weighted by molar-refractivity contribution is 4.99. The van der Waals surface area contributed by atoms with Crippen molar-refractivity contribution < 1.29 is 0 Å². The predicted octanol–water partition coefficient (Wildman–Crippen LogP) is 1.40. The molecule has 0 aromatic rings. The second-order valence-electron chi connectivity index (χ2n) is 7.64. The van der Waals surface area contributed by atoms with E-state index in [1.54, 1.807) is 0 Å². The Labute approximate surface area is 117 Å². The van der Waals surface area contributed by atoms with Gasteiger partial charge < -0.3 is 5.32 Å². The normalized spacial score (nSPS) is 42.5. The average molecular weight is 263 g/mol. The molecule has 2 atom stereocenters. The zero-order chi connectivity index (χ0) is 12.8. The monoisotopic (exact) mass is 263 g/mol. The average Bonchev–Trinajstić information content (AvgIpc) is 2.94. The summed E-state index contributed by atoms with van der Waals surface area (Å²) in [5.74, 6) is 3.01. The number of fused-ring (bicyclic) bond motifs is 1. The number of hydrogen-bond donors (Lipinski definition) is 1. The SMILES string of the molecule is CC1CN(C2CC3CN(C4CCNCC4)CC3C2)C1. The van der Waals surface area contributed by atoms with Crippen LogP contribution < -0.4 is 5.32 Å². The van der Waals surface area contributed by atoms with Crippen molar-refractivity contribution >= 4 is 0 Å². The molecular weight excluding hydrogens is 234 g/mol. The van der Waals surface area contributed by atoms with Gasteiger partial charge in [-0.2, -0.15) is 0 Å². The van der Waals surface area contributed by atoms with E-state index in [4.69, 9.17) is 0 Å². The van der Waals surface area contributed by atoms with E-state index in [-0.39, 0.29) is 0 Å². The molecule has 19 heavy (non-hydrogen) atoms. The molecule has 0 spiro atoms. The van der Waals surface area contributed by atoms with Gasteiger partial charge in [-0.15, -0.1) is 0 Å². The lowest BCUT2D eigenvalue weighted by Crippen LogP contribution is -2.50. The van der Waals surface area contributed by atoms with Crippen LogP contribution in [0.1, 0.15) is 32.6 Å². The van der Waals surface area contributed by atoms with Crippen LogP contribution in [0.2, 0.25) is 0 Å². The first-order valence-electron chi connectivity index (χ1n) is 8.48. The Balaban J connectivity index is 1.30. The first-order chi connectivity index (χ1) is 9.29. The van der Waals surface area contributed by atoms with E-state index in [0.29, 0.717) is 0 Å². The molecule has 2 unspecified atom stereocenters. The summed E-state index contributed by atoms with van der Waals surface area (Å²) >= 11 is 0. The van der Waals surface area contributed by atoms with Crippen LogP contribution in [-0.4, -0.2) is 61.2 Å². The first kappa shape index (κ1) is 12.6. The fourth-order valence-corrected chi connectivity index (χ4v) is 5.12. The van der Waals surface area contributed by atoms with Crippen LogP contribution in [-0.2, 0) is 0 Å². The van der Waals surface area contributed by atoms with Crippen LogP contribution in [0.25, 0.3) is 0 Å². The zero-order valence-corrected chi connectivity index (χ0v) is 12.4. The molecule has 4 rings (SSSR count). The lowest BCUT2D eigenvalue weighted by atomic mass is 9.98. The van der Waals surface area contributed by atoms with Crippen molar-refractivity contribution in [2.24, 2.45) is 17.8 Å². The van der Waals surface area contributed by atoms with Gasteiger partial charge in [0.15, 0.2) is 0 Å². The minimum absolute atomic E-state index is 0.898. The summed E-state index contributed by atoms with van der Waals surface area (Å²) < 4.78 is 0. The number of likely N-dealkylation sites (tertiary alicyclic amines) is 2. The molecule has 3 aliphatic heterocycles. The zero-order valence-electron chi connectivity index (χ0n) is 12.4. The second kappa shape index (κ2) is 5.01. The Morgan fingerprint density at radius 2 is 1.37 bits per heavy atom. The third-order valence-electron chi connectivity index (χ3n) is 6.19. The Morgan fingerprint density at radius 3 is 1.95 bits per heavy atom. The van der Waals surface area contributed by atoms with Gasteiger partial charge in [0.2, 0.25) is 0 Å². The van der Waals surface area contributed by atoms with E-state index >= 15 is 0 Å². The van der Waals surface area contributed by atoms with Crippen molar-refractivity contribution in [3.05, 3.63) is 0 Å². The van der Waals surface area contributed by atoms with Gasteiger partial charge in [0, 0.05) is 38.3 Å². The molecule has 3 heterocycles. The maximum absolute atomic E-state index is 3.50. The van der Waals surface area contributed by atoms with Gasteiger partial charge in [-0.05, 0) is 56.5 Å². The lowest BCUT2D eigenvalue weighted by molar-refractivity contribution is 0.0573. The fourth-order valence-electron chi connectivity index (χ4n) is 5.12. The van der Waals surface area contributed by atoms with Crippen molar-refractivity contribution in [3.63, 3.8) is 0 Å². The second-order valence-corrected chi connectivity index (χ2v) is 7.64. The summed E-state index contributed by atoms with van der Waals surface area (Å²) in [6.07, 6.45) is 5.76. The molecule has 3 saturated heterocycles.